The number of phenolic OH excluding ortho intramolecular Hbond substituents is 1. The van der Waals surface area contributed by atoms with Gasteiger partial charge in [-0.15, -0.1) is 5.10 Å². The van der Waals surface area contributed by atoms with Crippen molar-refractivity contribution < 1.29 is 14.6 Å². The van der Waals surface area contributed by atoms with Crippen LogP contribution >= 0.6 is 0 Å². The van der Waals surface area contributed by atoms with Crippen LogP contribution in [0.3, 0.4) is 0 Å². The molecule has 0 aliphatic carbocycles. The number of aliphatic hydroxyl groups is 1. The van der Waals surface area contributed by atoms with Crippen LogP contribution in [0.1, 0.15) is 24.1 Å². The van der Waals surface area contributed by atoms with Gasteiger partial charge in [0.25, 0.3) is 0 Å². The van der Waals surface area contributed by atoms with Crippen molar-refractivity contribution in [3.8, 4) is 17.0 Å². The topological polar surface area (TPSA) is 95.6 Å². The van der Waals surface area contributed by atoms with Crippen molar-refractivity contribution >= 4 is 11.5 Å². The molecule has 3 heterocycles. The highest BCUT2D eigenvalue weighted by Gasteiger charge is 2.14. The molecule has 8 heteroatoms. The number of benzene rings is 1. The zero-order chi connectivity index (χ0) is 19.7. The SMILES string of the molecule is CC(Nc1ccc2ncc(-c3cncc(CO)c3)n2n1)c1cc(F)ccc1O. The number of fused-ring (bicyclic) bond motifs is 1. The van der Waals surface area contributed by atoms with Gasteiger partial charge in [-0.2, -0.15) is 0 Å². The van der Waals surface area contributed by atoms with Crippen LogP contribution in [0.15, 0.2) is 55.0 Å². The normalized spacial score (nSPS) is 12.2. The molecule has 28 heavy (non-hydrogen) atoms. The maximum absolute atomic E-state index is 13.5. The van der Waals surface area contributed by atoms with Crippen molar-refractivity contribution in [3.05, 3.63) is 71.9 Å². The molecule has 1 aromatic carbocycles. The first kappa shape index (κ1) is 17.9. The molecule has 142 valence electrons. The number of hydrogen-bond donors (Lipinski definition) is 3. The first-order chi connectivity index (χ1) is 13.5. The van der Waals surface area contributed by atoms with Crippen LogP contribution in [-0.4, -0.2) is 29.8 Å². The fraction of sp³-hybridized carbons (Fsp3) is 0.150. The number of aliphatic hydroxyl groups excluding tert-OH is 1. The van der Waals surface area contributed by atoms with Gasteiger partial charge in [-0.3, -0.25) is 4.98 Å². The summed E-state index contributed by atoms with van der Waals surface area (Å²) in [6.45, 7) is 1.70. The first-order valence-electron chi connectivity index (χ1n) is 8.70. The predicted octanol–water partition coefficient (Wildman–Crippen LogP) is 3.30. The Kier molecular flexibility index (Phi) is 4.62. The molecule has 1 atom stereocenters. The van der Waals surface area contributed by atoms with E-state index in [4.69, 9.17) is 0 Å². The highest BCUT2D eigenvalue weighted by molar-refractivity contribution is 5.63. The molecule has 0 radical (unpaired) electrons. The minimum Gasteiger partial charge on any atom is -0.508 e. The minimum atomic E-state index is -0.418. The minimum absolute atomic E-state index is 0.0118. The quantitative estimate of drug-likeness (QED) is 0.492. The summed E-state index contributed by atoms with van der Waals surface area (Å²) >= 11 is 0. The van der Waals surface area contributed by atoms with Gasteiger partial charge in [0.05, 0.1) is 24.5 Å². The Morgan fingerprint density at radius 3 is 2.82 bits per heavy atom. The monoisotopic (exact) mass is 379 g/mol. The van der Waals surface area contributed by atoms with Crippen LogP contribution in [0.2, 0.25) is 0 Å². The smallest absolute Gasteiger partial charge is 0.154 e. The summed E-state index contributed by atoms with van der Waals surface area (Å²) < 4.78 is 15.2. The third kappa shape index (κ3) is 3.37. The van der Waals surface area contributed by atoms with Gasteiger partial charge in [0.15, 0.2) is 5.65 Å². The number of aromatic nitrogens is 4. The molecule has 0 amide bonds. The molecule has 1 unspecified atom stereocenters. The van der Waals surface area contributed by atoms with E-state index in [1.807, 2.05) is 13.0 Å². The van der Waals surface area contributed by atoms with E-state index in [1.165, 1.54) is 18.2 Å². The van der Waals surface area contributed by atoms with E-state index < -0.39 is 5.82 Å². The molecule has 3 aromatic heterocycles. The zero-order valence-electron chi connectivity index (χ0n) is 15.0. The number of aromatic hydroxyl groups is 1. The molecule has 0 bridgehead atoms. The number of nitrogens with zero attached hydrogens (tertiary/aromatic N) is 4. The molecule has 4 rings (SSSR count). The molecule has 0 spiro atoms. The van der Waals surface area contributed by atoms with Crippen molar-refractivity contribution in [2.24, 2.45) is 0 Å². The van der Waals surface area contributed by atoms with Crippen LogP contribution in [0, 0.1) is 5.82 Å². The Labute approximate surface area is 160 Å². The standard InChI is InChI=1S/C20H18FN5O2/c1-12(16-7-15(21)2-3-18(16)28)24-19-4-5-20-23-10-17(26(20)25-19)14-6-13(11-27)8-22-9-14/h2-10,12,27-28H,11H2,1H3,(H,24,25). The number of nitrogens with one attached hydrogen (secondary N) is 1. The summed E-state index contributed by atoms with van der Waals surface area (Å²) in [5.41, 5.74) is 3.28. The second kappa shape index (κ2) is 7.24. The van der Waals surface area contributed by atoms with Crippen LogP contribution in [0.5, 0.6) is 5.75 Å². The Balaban J connectivity index is 1.68. The third-order valence-electron chi connectivity index (χ3n) is 4.46. The maximum Gasteiger partial charge on any atom is 0.154 e. The lowest BCUT2D eigenvalue weighted by Crippen LogP contribution is -2.10. The molecule has 3 N–H and O–H groups in total. The second-order valence-electron chi connectivity index (χ2n) is 6.44. The van der Waals surface area contributed by atoms with Crippen molar-refractivity contribution in [1.82, 2.24) is 19.6 Å². The van der Waals surface area contributed by atoms with E-state index in [0.717, 1.165) is 11.3 Å². The van der Waals surface area contributed by atoms with Gasteiger partial charge in [0.2, 0.25) is 0 Å². The van der Waals surface area contributed by atoms with Crippen LogP contribution in [-0.2, 0) is 6.61 Å². The Morgan fingerprint density at radius 1 is 1.14 bits per heavy atom. The zero-order valence-corrected chi connectivity index (χ0v) is 15.0. The summed E-state index contributed by atoms with van der Waals surface area (Å²) in [4.78, 5) is 8.49. The molecule has 0 aliphatic rings. The van der Waals surface area contributed by atoms with Crippen LogP contribution in [0.4, 0.5) is 10.2 Å². The van der Waals surface area contributed by atoms with Gasteiger partial charge >= 0.3 is 0 Å². The van der Waals surface area contributed by atoms with Gasteiger partial charge in [0, 0.05) is 23.5 Å². The average Bonchev–Trinajstić information content (AvgIpc) is 3.13. The van der Waals surface area contributed by atoms with E-state index in [9.17, 15) is 14.6 Å². The Bertz CT molecular complexity index is 1140. The number of hydrogen-bond acceptors (Lipinski definition) is 6. The number of imidazole rings is 1. The summed E-state index contributed by atoms with van der Waals surface area (Å²) in [5.74, 6) is 0.130. The molecule has 0 fully saturated rings. The van der Waals surface area contributed by atoms with Crippen LogP contribution < -0.4 is 5.32 Å². The van der Waals surface area contributed by atoms with Gasteiger partial charge in [-0.25, -0.2) is 13.9 Å². The lowest BCUT2D eigenvalue weighted by atomic mass is 10.1. The number of phenols is 1. The fourth-order valence-corrected chi connectivity index (χ4v) is 3.03. The molecule has 0 saturated carbocycles. The molecule has 0 saturated heterocycles. The fourth-order valence-electron chi connectivity index (χ4n) is 3.03. The van der Waals surface area contributed by atoms with E-state index in [0.29, 0.717) is 22.6 Å². The van der Waals surface area contributed by atoms with Crippen molar-refractivity contribution in [2.45, 2.75) is 19.6 Å². The Morgan fingerprint density at radius 2 is 2.00 bits per heavy atom. The lowest BCUT2D eigenvalue weighted by molar-refractivity contribution is 0.281. The van der Waals surface area contributed by atoms with Crippen molar-refractivity contribution in [3.63, 3.8) is 0 Å². The van der Waals surface area contributed by atoms with Gasteiger partial charge in [-0.1, -0.05) is 0 Å². The van der Waals surface area contributed by atoms with E-state index in [1.54, 1.807) is 35.2 Å². The molecule has 7 nitrogen and oxygen atoms in total. The summed E-state index contributed by atoms with van der Waals surface area (Å²) in [6, 6.07) is 8.86. The van der Waals surface area contributed by atoms with E-state index >= 15 is 0 Å². The molecular weight excluding hydrogens is 361 g/mol. The average molecular weight is 379 g/mol. The summed E-state index contributed by atoms with van der Waals surface area (Å²) in [7, 11) is 0. The number of anilines is 1. The number of pyridine rings is 1. The molecule has 4 aromatic rings. The lowest BCUT2D eigenvalue weighted by Gasteiger charge is -2.16. The molecular formula is C20H18FN5O2. The third-order valence-corrected chi connectivity index (χ3v) is 4.46. The summed E-state index contributed by atoms with van der Waals surface area (Å²) in [5, 5.41) is 27.1. The van der Waals surface area contributed by atoms with Gasteiger partial charge in [-0.05, 0) is 48.9 Å². The number of halogens is 1. The first-order valence-corrected chi connectivity index (χ1v) is 8.70. The largest absolute Gasteiger partial charge is 0.508 e. The van der Waals surface area contributed by atoms with E-state index in [2.05, 4.69) is 20.4 Å². The highest BCUT2D eigenvalue weighted by atomic mass is 19.1. The predicted molar refractivity (Wildman–Crippen MR) is 102 cm³/mol. The van der Waals surface area contributed by atoms with E-state index in [-0.39, 0.29) is 18.4 Å². The van der Waals surface area contributed by atoms with Crippen LogP contribution in [0.25, 0.3) is 16.9 Å². The van der Waals surface area contributed by atoms with Crippen molar-refractivity contribution in [1.29, 1.82) is 0 Å². The highest BCUT2D eigenvalue weighted by Crippen LogP contribution is 2.28. The Hall–Kier alpha value is -3.52. The number of rotatable bonds is 5. The van der Waals surface area contributed by atoms with Gasteiger partial charge in [0.1, 0.15) is 17.4 Å². The molecule has 0 aliphatic heterocycles. The maximum atomic E-state index is 13.5. The second-order valence-corrected chi connectivity index (χ2v) is 6.44. The van der Waals surface area contributed by atoms with Crippen molar-refractivity contribution in [2.75, 3.05) is 5.32 Å². The summed E-state index contributed by atoms with van der Waals surface area (Å²) in [6.07, 6.45) is 4.96. The van der Waals surface area contributed by atoms with Gasteiger partial charge < -0.3 is 15.5 Å².